The van der Waals surface area contributed by atoms with Crippen LogP contribution in [0, 0.1) is 11.8 Å². The number of carboxylic acids is 1. The summed E-state index contributed by atoms with van der Waals surface area (Å²) in [7, 11) is 0. The molecule has 1 aromatic rings. The number of amides is 2. The number of halogens is 1. The average molecular weight is 325 g/mol. The number of carbonyl (C=O) groups is 3. The Morgan fingerprint density at radius 2 is 1.59 bits per heavy atom. The van der Waals surface area contributed by atoms with Gasteiger partial charge in [-0.2, -0.15) is 0 Å². The van der Waals surface area contributed by atoms with Gasteiger partial charge in [0.05, 0.1) is 11.8 Å². The normalized spacial score (nSPS) is 21.0. The molecule has 6 nitrogen and oxygen atoms in total. The molecule has 118 valence electrons. The molecule has 7 heteroatoms. The molecule has 2 amide bonds. The fourth-order valence-corrected chi connectivity index (χ4v) is 2.75. The minimum atomic E-state index is -0.969. The topological polar surface area (TPSA) is 95.5 Å². The molecule has 0 spiro atoms. The van der Waals surface area contributed by atoms with E-state index in [2.05, 4.69) is 10.9 Å². The summed E-state index contributed by atoms with van der Waals surface area (Å²) in [6.07, 6.45) is 2.61. The van der Waals surface area contributed by atoms with Gasteiger partial charge in [0.25, 0.3) is 5.91 Å². The van der Waals surface area contributed by atoms with Crippen LogP contribution in [0.5, 0.6) is 0 Å². The van der Waals surface area contributed by atoms with E-state index in [0.717, 1.165) is 12.8 Å². The van der Waals surface area contributed by atoms with E-state index < -0.39 is 29.6 Å². The highest BCUT2D eigenvalue weighted by atomic mass is 35.5. The molecule has 0 bridgehead atoms. The third kappa shape index (κ3) is 3.98. The van der Waals surface area contributed by atoms with Crippen LogP contribution in [-0.2, 0) is 9.59 Å². The number of carboxylic acid groups (broad SMARTS) is 1. The zero-order chi connectivity index (χ0) is 16.1. The third-order valence-corrected chi connectivity index (χ3v) is 4.08. The van der Waals surface area contributed by atoms with E-state index in [1.54, 1.807) is 12.1 Å². The predicted octanol–water partition coefficient (Wildman–Crippen LogP) is 1.99. The second kappa shape index (κ2) is 7.26. The Labute approximate surface area is 132 Å². The number of rotatable bonds is 3. The predicted molar refractivity (Wildman–Crippen MR) is 80.1 cm³/mol. The van der Waals surface area contributed by atoms with Crippen molar-refractivity contribution in [3.63, 3.8) is 0 Å². The summed E-state index contributed by atoms with van der Waals surface area (Å²) in [6, 6.07) is 6.20. The van der Waals surface area contributed by atoms with Gasteiger partial charge in [0.1, 0.15) is 0 Å². The Morgan fingerprint density at radius 1 is 1.00 bits per heavy atom. The molecule has 2 rings (SSSR count). The molecule has 2 atom stereocenters. The number of nitrogens with one attached hydrogen (secondary N) is 2. The molecule has 0 saturated heterocycles. The molecule has 1 aromatic carbocycles. The lowest BCUT2D eigenvalue weighted by molar-refractivity contribution is -0.149. The SMILES string of the molecule is O=C(NNC(=O)[C@@H]1CCCC[C@H]1C(=O)O)c1ccc(Cl)cc1. The quantitative estimate of drug-likeness (QED) is 0.741. The minimum Gasteiger partial charge on any atom is -0.481 e. The second-order valence-electron chi connectivity index (χ2n) is 5.29. The number of hydrogen-bond donors (Lipinski definition) is 3. The van der Waals surface area contributed by atoms with Crippen molar-refractivity contribution in [2.75, 3.05) is 0 Å². The molecule has 0 unspecified atom stereocenters. The van der Waals surface area contributed by atoms with Crippen LogP contribution in [0.25, 0.3) is 0 Å². The Balaban J connectivity index is 1.92. The first-order valence-electron chi connectivity index (χ1n) is 7.07. The first-order valence-corrected chi connectivity index (χ1v) is 7.45. The molecule has 1 aliphatic carbocycles. The third-order valence-electron chi connectivity index (χ3n) is 3.83. The fraction of sp³-hybridized carbons (Fsp3) is 0.400. The lowest BCUT2D eigenvalue weighted by atomic mass is 9.79. The maximum Gasteiger partial charge on any atom is 0.307 e. The summed E-state index contributed by atoms with van der Waals surface area (Å²) in [5, 5.41) is 9.67. The summed E-state index contributed by atoms with van der Waals surface area (Å²) >= 11 is 5.73. The monoisotopic (exact) mass is 324 g/mol. The van der Waals surface area contributed by atoms with Crippen molar-refractivity contribution in [1.82, 2.24) is 10.9 Å². The Hall–Kier alpha value is -2.08. The number of aliphatic carboxylic acids is 1. The summed E-state index contributed by atoms with van der Waals surface area (Å²) < 4.78 is 0. The van der Waals surface area contributed by atoms with Crippen molar-refractivity contribution in [2.45, 2.75) is 25.7 Å². The van der Waals surface area contributed by atoms with Gasteiger partial charge in [0, 0.05) is 10.6 Å². The van der Waals surface area contributed by atoms with E-state index in [-0.39, 0.29) is 0 Å². The molecule has 22 heavy (non-hydrogen) atoms. The molecule has 0 aromatic heterocycles. The second-order valence-corrected chi connectivity index (χ2v) is 5.72. The van der Waals surface area contributed by atoms with E-state index in [9.17, 15) is 14.4 Å². The number of carbonyl (C=O) groups excluding carboxylic acids is 2. The standard InChI is InChI=1S/C15H17ClN2O4/c16-10-7-5-9(6-8-10)13(19)17-18-14(20)11-3-1-2-4-12(11)15(21)22/h5-8,11-12H,1-4H2,(H,17,19)(H,18,20)(H,21,22)/t11-,12-/m1/s1. The maximum absolute atomic E-state index is 12.1. The van der Waals surface area contributed by atoms with E-state index in [1.165, 1.54) is 12.1 Å². The van der Waals surface area contributed by atoms with Gasteiger partial charge in [0.2, 0.25) is 5.91 Å². The van der Waals surface area contributed by atoms with Crippen molar-refractivity contribution in [1.29, 1.82) is 0 Å². The lowest BCUT2D eigenvalue weighted by Crippen LogP contribution is -2.47. The number of hydrogen-bond acceptors (Lipinski definition) is 3. The van der Waals surface area contributed by atoms with Crippen molar-refractivity contribution >= 4 is 29.4 Å². The van der Waals surface area contributed by atoms with E-state index in [4.69, 9.17) is 16.7 Å². The molecule has 3 N–H and O–H groups in total. The number of benzene rings is 1. The van der Waals surface area contributed by atoms with Gasteiger partial charge in [0.15, 0.2) is 0 Å². The summed E-state index contributed by atoms with van der Waals surface area (Å²) in [6.45, 7) is 0. The average Bonchev–Trinajstić information content (AvgIpc) is 2.53. The fourth-order valence-electron chi connectivity index (χ4n) is 2.62. The zero-order valence-electron chi connectivity index (χ0n) is 11.8. The molecular weight excluding hydrogens is 308 g/mol. The van der Waals surface area contributed by atoms with Crippen LogP contribution < -0.4 is 10.9 Å². The summed E-state index contributed by atoms with van der Waals surface area (Å²) in [5.74, 6) is -3.22. The Morgan fingerprint density at radius 3 is 2.18 bits per heavy atom. The van der Waals surface area contributed by atoms with Gasteiger partial charge >= 0.3 is 5.97 Å². The van der Waals surface area contributed by atoms with E-state index in [0.29, 0.717) is 23.4 Å². The highest BCUT2D eigenvalue weighted by Crippen LogP contribution is 2.30. The Bertz CT molecular complexity index is 573. The molecule has 1 fully saturated rings. The highest BCUT2D eigenvalue weighted by Gasteiger charge is 2.35. The van der Waals surface area contributed by atoms with Crippen molar-refractivity contribution < 1.29 is 19.5 Å². The largest absolute Gasteiger partial charge is 0.481 e. The summed E-state index contributed by atoms with van der Waals surface area (Å²) in [5.41, 5.74) is 4.97. The highest BCUT2D eigenvalue weighted by molar-refractivity contribution is 6.30. The van der Waals surface area contributed by atoms with Crippen LogP contribution >= 0.6 is 11.6 Å². The van der Waals surface area contributed by atoms with Crippen LogP contribution in [0.2, 0.25) is 5.02 Å². The first-order chi connectivity index (χ1) is 10.5. The Kier molecular flexibility index (Phi) is 5.38. The van der Waals surface area contributed by atoms with Gasteiger partial charge in [-0.25, -0.2) is 0 Å². The van der Waals surface area contributed by atoms with Crippen molar-refractivity contribution in [3.8, 4) is 0 Å². The van der Waals surface area contributed by atoms with Crippen LogP contribution in [0.3, 0.4) is 0 Å². The summed E-state index contributed by atoms with van der Waals surface area (Å²) in [4.78, 5) is 35.1. The van der Waals surface area contributed by atoms with Gasteiger partial charge in [-0.05, 0) is 37.1 Å². The van der Waals surface area contributed by atoms with Crippen LogP contribution in [0.4, 0.5) is 0 Å². The van der Waals surface area contributed by atoms with Crippen molar-refractivity contribution in [2.24, 2.45) is 11.8 Å². The number of hydrazine groups is 1. The minimum absolute atomic E-state index is 0.350. The molecule has 1 aliphatic rings. The van der Waals surface area contributed by atoms with Crippen molar-refractivity contribution in [3.05, 3.63) is 34.9 Å². The van der Waals surface area contributed by atoms with Gasteiger partial charge in [-0.1, -0.05) is 24.4 Å². The lowest BCUT2D eigenvalue weighted by Gasteiger charge is -2.27. The molecular formula is C15H17ClN2O4. The van der Waals surface area contributed by atoms with Gasteiger partial charge < -0.3 is 5.11 Å². The zero-order valence-corrected chi connectivity index (χ0v) is 12.6. The van der Waals surface area contributed by atoms with Crippen LogP contribution in [0.1, 0.15) is 36.0 Å². The molecule has 0 heterocycles. The van der Waals surface area contributed by atoms with Crippen LogP contribution in [0.15, 0.2) is 24.3 Å². The molecule has 0 aliphatic heterocycles. The maximum atomic E-state index is 12.1. The first kappa shape index (κ1) is 16.3. The van der Waals surface area contributed by atoms with E-state index >= 15 is 0 Å². The molecule has 1 saturated carbocycles. The van der Waals surface area contributed by atoms with Gasteiger partial charge in [-0.15, -0.1) is 0 Å². The van der Waals surface area contributed by atoms with E-state index in [1.807, 2.05) is 0 Å². The van der Waals surface area contributed by atoms with Crippen LogP contribution in [-0.4, -0.2) is 22.9 Å². The smallest absolute Gasteiger partial charge is 0.307 e. The van der Waals surface area contributed by atoms with Gasteiger partial charge in [-0.3, -0.25) is 25.2 Å². The molecule has 0 radical (unpaired) electrons.